The van der Waals surface area contributed by atoms with Gasteiger partial charge in [-0.1, -0.05) is 0 Å². The molecule has 1 aliphatic heterocycles. The molecule has 0 aromatic rings. The van der Waals surface area contributed by atoms with E-state index in [0.717, 1.165) is 0 Å². The predicted octanol–water partition coefficient (Wildman–Crippen LogP) is 1.86. The Labute approximate surface area is 139 Å². The van der Waals surface area contributed by atoms with Crippen molar-refractivity contribution in [3.05, 3.63) is 0 Å². The van der Waals surface area contributed by atoms with Crippen molar-refractivity contribution in [3.63, 3.8) is 0 Å². The summed E-state index contributed by atoms with van der Waals surface area (Å²) in [5.41, 5.74) is 0. The van der Waals surface area contributed by atoms with Gasteiger partial charge in [0.1, 0.15) is 4.33 Å². The first-order chi connectivity index (χ1) is 9.83. The zero-order valence-corrected chi connectivity index (χ0v) is 14.2. The Morgan fingerprint density at radius 2 is 1.76 bits per heavy atom. The monoisotopic (exact) mass is 349 g/mol. The van der Waals surface area contributed by atoms with Crippen LogP contribution < -0.4 is 0 Å². The van der Waals surface area contributed by atoms with E-state index < -0.39 is 10.3 Å². The van der Waals surface area contributed by atoms with Crippen molar-refractivity contribution in [2.24, 2.45) is 16.8 Å². The molecule has 1 saturated carbocycles. The Hall–Kier alpha value is -0.720. The summed E-state index contributed by atoms with van der Waals surface area (Å²) in [4.78, 5) is 31.7. The van der Waals surface area contributed by atoms with Gasteiger partial charge in [0.05, 0.1) is 0 Å². The zero-order chi connectivity index (χ0) is 15.8. The van der Waals surface area contributed by atoms with E-state index in [1.54, 1.807) is 0 Å². The lowest BCUT2D eigenvalue weighted by atomic mass is 10.1. The number of alkyl halides is 2. The molecule has 1 heterocycles. The first-order valence-electron chi connectivity index (χ1n) is 6.88. The summed E-state index contributed by atoms with van der Waals surface area (Å²) in [7, 11) is 0. The van der Waals surface area contributed by atoms with E-state index in [1.165, 1.54) is 16.0 Å². The molecule has 1 atom stereocenters. The van der Waals surface area contributed by atoms with Crippen LogP contribution in [0, 0.1) is 11.8 Å². The number of hydrogen-bond donors (Lipinski definition) is 0. The molecule has 0 bridgehead atoms. The van der Waals surface area contributed by atoms with E-state index in [0.29, 0.717) is 26.1 Å². The maximum absolute atomic E-state index is 12.3. The number of carbonyl (C=O) groups excluding carboxylic acids is 2. The first kappa shape index (κ1) is 16.6. The Balaban J connectivity index is 2.09. The molecule has 2 aliphatic rings. The highest BCUT2D eigenvalue weighted by molar-refractivity contribution is 7.80. The Kier molecular flexibility index (Phi) is 4.90. The number of thiocarbonyl (C=S) groups is 1. The van der Waals surface area contributed by atoms with Gasteiger partial charge in [0.15, 0.2) is 11.0 Å². The van der Waals surface area contributed by atoms with Crippen LogP contribution in [-0.4, -0.2) is 56.9 Å². The second kappa shape index (κ2) is 6.18. The van der Waals surface area contributed by atoms with Crippen LogP contribution in [0.15, 0.2) is 4.99 Å². The van der Waals surface area contributed by atoms with Gasteiger partial charge in [-0.05, 0) is 32.5 Å². The topological polar surface area (TPSA) is 53.0 Å². The molecule has 116 valence electrons. The van der Waals surface area contributed by atoms with Crippen LogP contribution in [0.5, 0.6) is 0 Å². The summed E-state index contributed by atoms with van der Waals surface area (Å²) in [6.45, 7) is 4.93. The van der Waals surface area contributed by atoms with Gasteiger partial charge in [-0.2, -0.15) is 0 Å². The fourth-order valence-corrected chi connectivity index (χ4v) is 3.20. The maximum Gasteiger partial charge on any atom is 0.246 e. The lowest BCUT2D eigenvalue weighted by molar-refractivity contribution is -0.143. The number of amides is 2. The van der Waals surface area contributed by atoms with Crippen LogP contribution in [0.4, 0.5) is 0 Å². The maximum atomic E-state index is 12.3. The Morgan fingerprint density at radius 3 is 2.14 bits per heavy atom. The molecule has 0 N–H and O–H groups in total. The quantitative estimate of drug-likeness (QED) is 0.329. The fourth-order valence-electron chi connectivity index (χ4n) is 2.25. The van der Waals surface area contributed by atoms with Gasteiger partial charge in [0, 0.05) is 31.8 Å². The normalized spacial score (nSPS) is 26.1. The molecule has 1 saturated heterocycles. The molecule has 0 aromatic carbocycles. The molecule has 1 aliphatic carbocycles. The summed E-state index contributed by atoms with van der Waals surface area (Å²) >= 11 is 17.0. The summed E-state index contributed by atoms with van der Waals surface area (Å²) in [6.07, 6.45) is 2.09. The van der Waals surface area contributed by atoms with Gasteiger partial charge in [-0.3, -0.25) is 24.4 Å². The van der Waals surface area contributed by atoms with Crippen molar-refractivity contribution in [3.8, 4) is 0 Å². The van der Waals surface area contributed by atoms with E-state index >= 15 is 0 Å². The molecular weight excluding hydrogens is 333 g/mol. The molecule has 2 amide bonds. The molecule has 0 spiro atoms. The van der Waals surface area contributed by atoms with Gasteiger partial charge in [0.25, 0.3) is 0 Å². The van der Waals surface area contributed by atoms with Crippen LogP contribution in [-0.2, 0) is 9.59 Å². The highest BCUT2D eigenvalue weighted by atomic mass is 35.5. The van der Waals surface area contributed by atoms with Crippen molar-refractivity contribution in [1.29, 1.82) is 0 Å². The molecule has 5 nitrogen and oxygen atoms in total. The fraction of sp³-hybridized carbons (Fsp3) is 0.692. The number of carbonyl (C=O) groups is 2. The van der Waals surface area contributed by atoms with Gasteiger partial charge in [-0.15, -0.1) is 23.2 Å². The third-order valence-corrected chi connectivity index (χ3v) is 5.06. The van der Waals surface area contributed by atoms with Crippen LogP contribution in [0.25, 0.3) is 0 Å². The van der Waals surface area contributed by atoms with Crippen molar-refractivity contribution in [1.82, 2.24) is 9.80 Å². The summed E-state index contributed by atoms with van der Waals surface area (Å²) in [5.74, 6) is -1.45. The molecule has 2 rings (SSSR count). The first-order valence-corrected chi connectivity index (χ1v) is 8.04. The highest BCUT2D eigenvalue weighted by Gasteiger charge is 2.51. The largest absolute Gasteiger partial charge is 0.296 e. The van der Waals surface area contributed by atoms with E-state index in [2.05, 4.69) is 4.99 Å². The molecule has 0 unspecified atom stereocenters. The summed E-state index contributed by atoms with van der Waals surface area (Å²) < 4.78 is -0.704. The molecule has 8 heteroatoms. The average molecular weight is 350 g/mol. The van der Waals surface area contributed by atoms with Crippen LogP contribution in [0.2, 0.25) is 0 Å². The summed E-state index contributed by atoms with van der Waals surface area (Å²) in [5, 5.41) is 0.266. The van der Waals surface area contributed by atoms with Crippen molar-refractivity contribution < 1.29 is 9.59 Å². The minimum atomic E-state index is -0.907. The zero-order valence-electron chi connectivity index (χ0n) is 11.9. The number of hydrogen-bond acceptors (Lipinski definition) is 4. The minimum Gasteiger partial charge on any atom is -0.296 e. The van der Waals surface area contributed by atoms with E-state index in [-0.39, 0.29) is 22.8 Å². The van der Waals surface area contributed by atoms with Gasteiger partial charge in [0.2, 0.25) is 11.8 Å². The van der Waals surface area contributed by atoms with E-state index in [4.69, 9.17) is 35.4 Å². The summed E-state index contributed by atoms with van der Waals surface area (Å²) in [6, 6.07) is 0. The third-order valence-electron chi connectivity index (χ3n) is 3.69. The highest BCUT2D eigenvalue weighted by Crippen LogP contribution is 2.53. The average Bonchev–Trinajstić information content (AvgIpc) is 3.02. The Bertz CT molecular complexity index is 484. The second-order valence-corrected chi connectivity index (χ2v) is 7.01. The van der Waals surface area contributed by atoms with Gasteiger partial charge >= 0.3 is 0 Å². The number of nitrogens with zero attached hydrogens (tertiary/aromatic N) is 3. The SMILES string of the molecule is CCN1C(=O)C(C=NC[C@@H]2CC2(Cl)Cl)C(=O)N(CC)C1=S. The number of rotatable bonds is 5. The van der Waals surface area contributed by atoms with Gasteiger partial charge in [-0.25, -0.2) is 0 Å². The van der Waals surface area contributed by atoms with Gasteiger partial charge < -0.3 is 0 Å². The van der Waals surface area contributed by atoms with Crippen molar-refractivity contribution in [2.75, 3.05) is 19.6 Å². The van der Waals surface area contributed by atoms with E-state index in [9.17, 15) is 9.59 Å². The molecular formula is C13H17Cl2N3O2S. The molecule has 2 fully saturated rings. The van der Waals surface area contributed by atoms with Crippen LogP contribution in [0.3, 0.4) is 0 Å². The third kappa shape index (κ3) is 3.22. The lowest BCUT2D eigenvalue weighted by Crippen LogP contribution is -2.59. The van der Waals surface area contributed by atoms with Crippen molar-refractivity contribution >= 4 is 58.6 Å². The molecule has 0 radical (unpaired) electrons. The number of aliphatic imine (C=N–C) groups is 1. The minimum absolute atomic E-state index is 0.0940. The predicted molar refractivity (Wildman–Crippen MR) is 86.8 cm³/mol. The van der Waals surface area contributed by atoms with Crippen molar-refractivity contribution in [2.45, 2.75) is 24.6 Å². The Morgan fingerprint density at radius 1 is 1.29 bits per heavy atom. The van der Waals surface area contributed by atoms with E-state index in [1.807, 2.05) is 13.8 Å². The molecule has 0 aromatic heterocycles. The smallest absolute Gasteiger partial charge is 0.246 e. The second-order valence-electron chi connectivity index (χ2n) is 5.10. The van der Waals surface area contributed by atoms with Crippen LogP contribution in [0.1, 0.15) is 20.3 Å². The molecule has 21 heavy (non-hydrogen) atoms. The van der Waals surface area contributed by atoms with Crippen LogP contribution >= 0.6 is 35.4 Å². The standard InChI is InChI=1S/C13H17Cl2N3O2S/c1-3-17-10(19)9(11(20)18(4-2)12(17)21)7-16-6-8-5-13(8,14)15/h7-9H,3-6H2,1-2H3/t8-/m0/s1. The lowest BCUT2D eigenvalue weighted by Gasteiger charge is -2.37. The number of halogens is 2.